The maximum absolute atomic E-state index is 15.1. The lowest BCUT2D eigenvalue weighted by molar-refractivity contribution is 0.193. The number of ether oxygens (including phenoxy) is 1. The SMILES string of the molecule is CC(CCC(C)c1ccc(C(C)C)c(CN(C)CCC(C)c2cc(CO)c(C(C)C)cc2F)n1)Oc1nc(C(C)C)ccc1C(C)C. The lowest BCUT2D eigenvalue weighted by Gasteiger charge is -2.24. The van der Waals surface area contributed by atoms with Crippen LogP contribution in [-0.2, 0) is 13.2 Å². The van der Waals surface area contributed by atoms with Crippen LogP contribution in [0.2, 0.25) is 0 Å². The van der Waals surface area contributed by atoms with Gasteiger partial charge in [-0.05, 0) is 116 Å². The van der Waals surface area contributed by atoms with E-state index in [4.69, 9.17) is 14.7 Å². The Kier molecular flexibility index (Phi) is 14.4. The van der Waals surface area contributed by atoms with Gasteiger partial charge in [0.2, 0.25) is 5.88 Å². The zero-order valence-corrected chi connectivity index (χ0v) is 31.3. The second kappa shape index (κ2) is 17.5. The lowest BCUT2D eigenvalue weighted by Crippen LogP contribution is -2.23. The molecule has 3 atom stereocenters. The molecule has 5 nitrogen and oxygen atoms in total. The molecule has 0 aliphatic carbocycles. The summed E-state index contributed by atoms with van der Waals surface area (Å²) in [6, 6.07) is 12.2. The Morgan fingerprint density at radius 1 is 0.681 bits per heavy atom. The standard InChI is InChI=1S/C41H62FN3O2/c1-25(2)33-15-18-39(30(10)13-14-31(11)47-41-34(26(3)4)16-17-38(44-41)28(7)8)43-40(33)23-45(12)20-19-29(9)36-21-32(24-46)35(27(5)6)22-37(36)42/h15-18,21-22,25-31,46H,13-14,19-20,23-24H2,1-12H3. The second-order valence-corrected chi connectivity index (χ2v) is 15.1. The molecule has 0 aliphatic heterocycles. The molecule has 0 saturated heterocycles. The topological polar surface area (TPSA) is 58.5 Å². The van der Waals surface area contributed by atoms with Crippen LogP contribution in [0.1, 0.15) is 176 Å². The minimum atomic E-state index is -0.174. The molecule has 260 valence electrons. The van der Waals surface area contributed by atoms with Gasteiger partial charge in [0.25, 0.3) is 0 Å². The molecule has 1 N–H and O–H groups in total. The van der Waals surface area contributed by atoms with Gasteiger partial charge in [-0.1, -0.05) is 87.4 Å². The summed E-state index contributed by atoms with van der Waals surface area (Å²) < 4.78 is 21.6. The Hall–Kier alpha value is -2.83. The van der Waals surface area contributed by atoms with E-state index >= 15 is 4.39 Å². The van der Waals surface area contributed by atoms with Gasteiger partial charge in [0.05, 0.1) is 18.4 Å². The highest BCUT2D eigenvalue weighted by Crippen LogP contribution is 2.31. The number of halogens is 1. The van der Waals surface area contributed by atoms with Gasteiger partial charge >= 0.3 is 0 Å². The number of nitrogens with zero attached hydrogens (tertiary/aromatic N) is 3. The average molecular weight is 648 g/mol. The number of rotatable bonds is 17. The number of aliphatic hydroxyl groups is 1. The summed E-state index contributed by atoms with van der Waals surface area (Å²) in [5.74, 6) is 2.18. The van der Waals surface area contributed by atoms with E-state index < -0.39 is 0 Å². The normalized spacial score (nSPS) is 14.1. The molecule has 1 aromatic carbocycles. The first-order chi connectivity index (χ1) is 22.1. The van der Waals surface area contributed by atoms with Gasteiger partial charge in [-0.15, -0.1) is 0 Å². The third-order valence-electron chi connectivity index (χ3n) is 9.55. The molecule has 3 rings (SSSR count). The molecule has 0 fully saturated rings. The summed E-state index contributed by atoms with van der Waals surface area (Å²) in [7, 11) is 2.12. The molecule has 0 amide bonds. The van der Waals surface area contributed by atoms with Crippen molar-refractivity contribution in [1.29, 1.82) is 0 Å². The molecule has 2 heterocycles. The minimum Gasteiger partial charge on any atom is -0.474 e. The van der Waals surface area contributed by atoms with E-state index in [1.54, 1.807) is 6.07 Å². The largest absolute Gasteiger partial charge is 0.474 e. The predicted octanol–water partition coefficient (Wildman–Crippen LogP) is 10.6. The first-order valence-electron chi connectivity index (χ1n) is 17.9. The fourth-order valence-corrected chi connectivity index (χ4v) is 6.27. The molecule has 0 spiro atoms. The molecule has 47 heavy (non-hydrogen) atoms. The first kappa shape index (κ1) is 38.6. The average Bonchev–Trinajstić information content (AvgIpc) is 3.01. The fraction of sp³-hybridized carbons (Fsp3) is 0.610. The monoisotopic (exact) mass is 647 g/mol. The van der Waals surface area contributed by atoms with Crippen molar-refractivity contribution in [2.24, 2.45) is 0 Å². The van der Waals surface area contributed by atoms with Crippen LogP contribution in [0.5, 0.6) is 5.88 Å². The van der Waals surface area contributed by atoms with Gasteiger partial charge in [-0.2, -0.15) is 0 Å². The summed E-state index contributed by atoms with van der Waals surface area (Å²) >= 11 is 0. The summed E-state index contributed by atoms with van der Waals surface area (Å²) in [6.45, 7) is 25.2. The van der Waals surface area contributed by atoms with Crippen molar-refractivity contribution in [3.8, 4) is 5.88 Å². The van der Waals surface area contributed by atoms with E-state index in [1.807, 2.05) is 19.9 Å². The maximum atomic E-state index is 15.1. The first-order valence-corrected chi connectivity index (χ1v) is 17.9. The quantitative estimate of drug-likeness (QED) is 0.158. The Labute approximate surface area is 285 Å². The van der Waals surface area contributed by atoms with Gasteiger partial charge < -0.3 is 14.7 Å². The van der Waals surface area contributed by atoms with Crippen LogP contribution >= 0.6 is 0 Å². The Bertz CT molecular complexity index is 1430. The molecule has 2 aromatic heterocycles. The number of aromatic nitrogens is 2. The highest BCUT2D eigenvalue weighted by atomic mass is 19.1. The molecule has 0 saturated carbocycles. The van der Waals surface area contributed by atoms with Gasteiger partial charge in [-0.3, -0.25) is 4.98 Å². The van der Waals surface area contributed by atoms with E-state index in [9.17, 15) is 5.11 Å². The number of aliphatic hydroxyl groups excluding tert-OH is 1. The molecule has 0 aliphatic rings. The summed E-state index contributed by atoms with van der Waals surface area (Å²) in [5, 5.41) is 9.91. The van der Waals surface area contributed by atoms with Crippen LogP contribution in [0.4, 0.5) is 4.39 Å². The van der Waals surface area contributed by atoms with Crippen molar-refractivity contribution in [3.63, 3.8) is 0 Å². The smallest absolute Gasteiger partial charge is 0.217 e. The van der Waals surface area contributed by atoms with Crippen molar-refractivity contribution in [2.75, 3.05) is 13.6 Å². The van der Waals surface area contributed by atoms with Crippen LogP contribution in [0.15, 0.2) is 36.4 Å². The van der Waals surface area contributed by atoms with Gasteiger partial charge in [-0.25, -0.2) is 9.37 Å². The highest BCUT2D eigenvalue weighted by Gasteiger charge is 2.20. The van der Waals surface area contributed by atoms with Gasteiger partial charge in [0, 0.05) is 23.5 Å². The molecule has 3 aromatic rings. The van der Waals surface area contributed by atoms with Crippen LogP contribution in [0.3, 0.4) is 0 Å². The van der Waals surface area contributed by atoms with Gasteiger partial charge in [0.15, 0.2) is 0 Å². The Morgan fingerprint density at radius 3 is 1.89 bits per heavy atom. The zero-order valence-electron chi connectivity index (χ0n) is 31.3. The van der Waals surface area contributed by atoms with Crippen LogP contribution in [0, 0.1) is 5.82 Å². The molecule has 3 unspecified atom stereocenters. The van der Waals surface area contributed by atoms with Crippen molar-refractivity contribution in [3.05, 3.63) is 87.1 Å². The van der Waals surface area contributed by atoms with E-state index in [0.29, 0.717) is 29.2 Å². The van der Waals surface area contributed by atoms with Crippen LogP contribution in [0.25, 0.3) is 0 Å². The number of hydrogen-bond donors (Lipinski definition) is 1. The molecular weight excluding hydrogens is 585 g/mol. The molecule has 0 radical (unpaired) electrons. The molecule has 0 bridgehead atoms. The number of hydrogen-bond acceptors (Lipinski definition) is 5. The summed E-state index contributed by atoms with van der Waals surface area (Å²) in [5.41, 5.74) is 8.13. The zero-order chi connectivity index (χ0) is 35.0. The van der Waals surface area contributed by atoms with Crippen molar-refractivity contribution >= 4 is 0 Å². The van der Waals surface area contributed by atoms with E-state index in [1.165, 1.54) is 5.56 Å². The van der Waals surface area contributed by atoms with Crippen LogP contribution in [-0.4, -0.2) is 39.7 Å². The lowest BCUT2D eigenvalue weighted by atomic mass is 9.90. The Morgan fingerprint density at radius 2 is 1.30 bits per heavy atom. The minimum absolute atomic E-state index is 0.0386. The highest BCUT2D eigenvalue weighted by molar-refractivity contribution is 5.37. The van der Waals surface area contributed by atoms with E-state index in [0.717, 1.165) is 72.0 Å². The Balaban J connectivity index is 1.66. The molecule has 6 heteroatoms. The van der Waals surface area contributed by atoms with Crippen LogP contribution < -0.4 is 4.74 Å². The number of pyridine rings is 2. The molecular formula is C41H62FN3O2. The third-order valence-corrected chi connectivity index (χ3v) is 9.55. The third kappa shape index (κ3) is 10.6. The van der Waals surface area contributed by atoms with Gasteiger partial charge in [0.1, 0.15) is 5.82 Å². The van der Waals surface area contributed by atoms with Crippen molar-refractivity contribution in [2.45, 2.75) is 150 Å². The van der Waals surface area contributed by atoms with Crippen molar-refractivity contribution < 1.29 is 14.2 Å². The summed E-state index contributed by atoms with van der Waals surface area (Å²) in [4.78, 5) is 12.4. The van der Waals surface area contributed by atoms with E-state index in [-0.39, 0.29) is 30.4 Å². The van der Waals surface area contributed by atoms with E-state index in [2.05, 4.69) is 98.5 Å². The summed E-state index contributed by atoms with van der Waals surface area (Å²) in [6.07, 6.45) is 2.75. The fourth-order valence-electron chi connectivity index (χ4n) is 6.27. The number of benzene rings is 1. The second-order valence-electron chi connectivity index (χ2n) is 15.1. The van der Waals surface area contributed by atoms with Crippen molar-refractivity contribution in [1.82, 2.24) is 14.9 Å². The predicted molar refractivity (Wildman–Crippen MR) is 194 cm³/mol. The maximum Gasteiger partial charge on any atom is 0.217 e.